The van der Waals surface area contributed by atoms with Crippen LogP contribution in [-0.4, -0.2) is 65.2 Å². The molecule has 1 saturated heterocycles. The van der Waals surface area contributed by atoms with Crippen molar-refractivity contribution in [1.29, 1.82) is 0 Å². The van der Waals surface area contributed by atoms with Gasteiger partial charge in [0.15, 0.2) is 0 Å². The van der Waals surface area contributed by atoms with Crippen LogP contribution >= 0.6 is 11.8 Å². The molecule has 1 aliphatic carbocycles. The first kappa shape index (κ1) is 20.3. The molecule has 2 amide bonds. The van der Waals surface area contributed by atoms with E-state index in [1.807, 2.05) is 36.4 Å². The number of hydrogen-bond donors (Lipinski definition) is 2. The van der Waals surface area contributed by atoms with Gasteiger partial charge in [0.2, 0.25) is 5.91 Å². The van der Waals surface area contributed by atoms with Crippen molar-refractivity contribution in [2.24, 2.45) is 0 Å². The van der Waals surface area contributed by atoms with Gasteiger partial charge in [-0.1, -0.05) is 48.5 Å². The summed E-state index contributed by atoms with van der Waals surface area (Å²) in [5.41, 5.74) is 4.53. The first-order valence-electron chi connectivity index (χ1n) is 9.75. The van der Waals surface area contributed by atoms with Crippen LogP contribution in [0.4, 0.5) is 4.79 Å². The Kier molecular flexibility index (Phi) is 5.94. The predicted molar refractivity (Wildman–Crippen MR) is 114 cm³/mol. The number of alkyl carbamates (subject to hydrolysis) is 1. The van der Waals surface area contributed by atoms with Gasteiger partial charge in [-0.05, 0) is 22.3 Å². The third kappa shape index (κ3) is 4.14. The Morgan fingerprint density at radius 1 is 1.07 bits per heavy atom. The van der Waals surface area contributed by atoms with Gasteiger partial charge in [-0.25, -0.2) is 4.79 Å². The molecule has 30 heavy (non-hydrogen) atoms. The molecule has 2 aliphatic rings. The summed E-state index contributed by atoms with van der Waals surface area (Å²) in [7, 11) is 0. The van der Waals surface area contributed by atoms with E-state index < -0.39 is 17.3 Å². The van der Waals surface area contributed by atoms with E-state index in [4.69, 9.17) is 9.84 Å². The Morgan fingerprint density at radius 3 is 2.33 bits per heavy atom. The van der Waals surface area contributed by atoms with Crippen molar-refractivity contribution in [3.8, 4) is 11.1 Å². The molecule has 2 N–H and O–H groups in total. The lowest BCUT2D eigenvalue weighted by Gasteiger charge is -2.30. The van der Waals surface area contributed by atoms with Crippen molar-refractivity contribution in [3.05, 3.63) is 59.7 Å². The highest BCUT2D eigenvalue weighted by Crippen LogP contribution is 2.44. The summed E-state index contributed by atoms with van der Waals surface area (Å²) in [6.45, 7) is 0.577. The topological polar surface area (TPSA) is 95.9 Å². The largest absolute Gasteiger partial charge is 0.480 e. The molecule has 1 unspecified atom stereocenters. The van der Waals surface area contributed by atoms with Gasteiger partial charge in [0, 0.05) is 24.8 Å². The number of carboxylic acid groups (broad SMARTS) is 1. The van der Waals surface area contributed by atoms with Crippen LogP contribution in [0.3, 0.4) is 0 Å². The van der Waals surface area contributed by atoms with Crippen molar-refractivity contribution in [3.63, 3.8) is 0 Å². The number of nitrogens with zero attached hydrogens (tertiary/aromatic N) is 1. The fourth-order valence-electron chi connectivity index (χ4n) is 3.93. The second kappa shape index (κ2) is 8.79. The van der Waals surface area contributed by atoms with Gasteiger partial charge in [-0.3, -0.25) is 9.59 Å². The summed E-state index contributed by atoms with van der Waals surface area (Å²) >= 11 is 1.32. The lowest BCUT2D eigenvalue weighted by molar-refractivity contribution is -0.138. The molecule has 0 saturated carbocycles. The average molecular weight is 426 g/mol. The number of rotatable bonds is 5. The highest BCUT2D eigenvalue weighted by atomic mass is 32.2. The minimum absolute atomic E-state index is 0.0469. The number of fused-ring (bicyclic) bond motifs is 3. The highest BCUT2D eigenvalue weighted by Gasteiger charge is 2.30. The number of ether oxygens (including phenoxy) is 1. The summed E-state index contributed by atoms with van der Waals surface area (Å²) in [4.78, 5) is 37.1. The molecule has 0 spiro atoms. The Balaban J connectivity index is 1.31. The molecule has 2 aromatic carbocycles. The van der Waals surface area contributed by atoms with Crippen LogP contribution in [0.2, 0.25) is 0 Å². The molecule has 4 rings (SSSR count). The molecule has 1 aliphatic heterocycles. The SMILES string of the molecule is O=C(NCC(=O)N1CCSC(C(=O)O)C1)OCC1c2ccccc2-c2ccccc21. The Bertz CT molecular complexity index is 934. The number of aliphatic carboxylic acids is 1. The first-order chi connectivity index (χ1) is 14.5. The maximum atomic E-state index is 12.3. The zero-order chi connectivity index (χ0) is 21.1. The maximum absolute atomic E-state index is 12.3. The third-order valence-corrected chi connectivity index (χ3v) is 6.59. The highest BCUT2D eigenvalue weighted by molar-refractivity contribution is 8.00. The molecule has 1 fully saturated rings. The quantitative estimate of drug-likeness (QED) is 0.763. The molecule has 1 heterocycles. The summed E-state index contributed by atoms with van der Waals surface area (Å²) in [6, 6.07) is 16.1. The zero-order valence-corrected chi connectivity index (χ0v) is 17.1. The molecule has 0 radical (unpaired) electrons. The Morgan fingerprint density at radius 2 is 1.70 bits per heavy atom. The van der Waals surface area contributed by atoms with Crippen LogP contribution in [0.15, 0.2) is 48.5 Å². The zero-order valence-electron chi connectivity index (χ0n) is 16.2. The van der Waals surface area contributed by atoms with E-state index >= 15 is 0 Å². The van der Waals surface area contributed by atoms with E-state index in [-0.39, 0.29) is 31.5 Å². The second-order valence-electron chi connectivity index (χ2n) is 7.22. The van der Waals surface area contributed by atoms with E-state index in [2.05, 4.69) is 17.4 Å². The Labute approximate surface area is 178 Å². The fourth-order valence-corrected chi connectivity index (χ4v) is 4.97. The third-order valence-electron chi connectivity index (χ3n) is 5.42. The van der Waals surface area contributed by atoms with E-state index in [1.54, 1.807) is 0 Å². The molecule has 2 aromatic rings. The number of carbonyl (C=O) groups is 3. The Hall–Kier alpha value is -3.00. The van der Waals surface area contributed by atoms with Gasteiger partial charge in [-0.15, -0.1) is 11.8 Å². The van der Waals surface area contributed by atoms with Crippen LogP contribution in [0.1, 0.15) is 17.0 Å². The number of thioether (sulfide) groups is 1. The number of hydrogen-bond acceptors (Lipinski definition) is 5. The van der Waals surface area contributed by atoms with Gasteiger partial charge in [0.1, 0.15) is 18.4 Å². The van der Waals surface area contributed by atoms with E-state index in [1.165, 1.54) is 16.7 Å². The van der Waals surface area contributed by atoms with Gasteiger partial charge in [0.25, 0.3) is 0 Å². The van der Waals surface area contributed by atoms with E-state index in [0.29, 0.717) is 12.3 Å². The van der Waals surface area contributed by atoms with Crippen LogP contribution < -0.4 is 5.32 Å². The van der Waals surface area contributed by atoms with Crippen molar-refractivity contribution in [2.75, 3.05) is 32.0 Å². The minimum Gasteiger partial charge on any atom is -0.480 e. The van der Waals surface area contributed by atoms with Gasteiger partial charge in [-0.2, -0.15) is 0 Å². The van der Waals surface area contributed by atoms with Gasteiger partial charge < -0.3 is 20.1 Å². The standard InChI is InChI=1S/C22H22N2O5S/c25-20(24-9-10-30-19(12-24)21(26)27)11-23-22(28)29-13-18-16-7-3-1-5-14(16)15-6-2-4-8-17(15)18/h1-8,18-19H,9-13H2,(H,23,28)(H,26,27). The van der Waals surface area contributed by atoms with Gasteiger partial charge in [0.05, 0.1) is 0 Å². The van der Waals surface area contributed by atoms with Crippen molar-refractivity contribution in [2.45, 2.75) is 11.2 Å². The molecule has 7 nitrogen and oxygen atoms in total. The first-order valence-corrected chi connectivity index (χ1v) is 10.8. The number of amides is 2. The van der Waals surface area contributed by atoms with Crippen LogP contribution in [0.25, 0.3) is 11.1 Å². The van der Waals surface area contributed by atoms with Crippen LogP contribution in [0.5, 0.6) is 0 Å². The summed E-state index contributed by atoms with van der Waals surface area (Å²) in [5, 5.41) is 11.0. The van der Waals surface area contributed by atoms with Gasteiger partial charge >= 0.3 is 12.1 Å². The molecule has 8 heteroatoms. The molecule has 0 bridgehead atoms. The number of benzene rings is 2. The molecule has 1 atom stereocenters. The molecule has 156 valence electrons. The molecular formula is C22H22N2O5S. The predicted octanol–water partition coefficient (Wildman–Crippen LogP) is 2.55. The van der Waals surface area contributed by atoms with Crippen molar-refractivity contribution >= 4 is 29.7 Å². The molecule has 0 aromatic heterocycles. The smallest absolute Gasteiger partial charge is 0.407 e. The lowest BCUT2D eigenvalue weighted by Crippen LogP contribution is -2.48. The normalized spacial score (nSPS) is 17.7. The fraction of sp³-hybridized carbons (Fsp3) is 0.318. The minimum atomic E-state index is -0.929. The molecular weight excluding hydrogens is 404 g/mol. The number of carbonyl (C=O) groups excluding carboxylic acids is 2. The van der Waals surface area contributed by atoms with Crippen molar-refractivity contribution in [1.82, 2.24) is 10.2 Å². The summed E-state index contributed by atoms with van der Waals surface area (Å²) in [5.74, 6) is -0.723. The second-order valence-corrected chi connectivity index (χ2v) is 8.53. The maximum Gasteiger partial charge on any atom is 0.407 e. The van der Waals surface area contributed by atoms with Crippen LogP contribution in [0, 0.1) is 0 Å². The van der Waals surface area contributed by atoms with E-state index in [9.17, 15) is 14.4 Å². The summed E-state index contributed by atoms with van der Waals surface area (Å²) < 4.78 is 5.42. The average Bonchev–Trinajstić information content (AvgIpc) is 3.10. The number of carboxylic acids is 1. The van der Waals surface area contributed by atoms with Crippen molar-refractivity contribution < 1.29 is 24.2 Å². The van der Waals surface area contributed by atoms with E-state index in [0.717, 1.165) is 22.3 Å². The number of nitrogens with one attached hydrogen (secondary N) is 1. The lowest BCUT2D eigenvalue weighted by atomic mass is 9.98. The summed E-state index contributed by atoms with van der Waals surface area (Å²) in [6.07, 6.45) is -0.661. The monoisotopic (exact) mass is 426 g/mol. The van der Waals surface area contributed by atoms with Crippen LogP contribution in [-0.2, 0) is 14.3 Å².